The topological polar surface area (TPSA) is 20.3 Å². The van der Waals surface area contributed by atoms with E-state index in [1.165, 1.54) is 12.0 Å². The molecule has 1 aliphatic rings. The predicted octanol–water partition coefficient (Wildman–Crippen LogP) is 3.67. The molecule has 1 saturated heterocycles. The second kappa shape index (κ2) is 6.24. The van der Waals surface area contributed by atoms with E-state index in [1.807, 2.05) is 29.2 Å². The summed E-state index contributed by atoms with van der Waals surface area (Å²) in [5.41, 5.74) is 1.18. The molecule has 0 aliphatic carbocycles. The third-order valence-electron chi connectivity index (χ3n) is 3.66. The highest BCUT2D eigenvalue weighted by atomic mass is 35.5. The maximum absolute atomic E-state index is 12.1. The molecule has 3 heteroatoms. The van der Waals surface area contributed by atoms with Crippen LogP contribution < -0.4 is 0 Å². The minimum absolute atomic E-state index is 0.289. The second-order valence-electron chi connectivity index (χ2n) is 5.06. The summed E-state index contributed by atoms with van der Waals surface area (Å²) >= 11 is 5.84. The Morgan fingerprint density at radius 3 is 2.72 bits per heavy atom. The second-order valence-corrected chi connectivity index (χ2v) is 5.49. The van der Waals surface area contributed by atoms with E-state index in [9.17, 15) is 4.79 Å². The van der Waals surface area contributed by atoms with Gasteiger partial charge in [0.2, 0.25) is 5.91 Å². The number of carbonyl (C=O) groups is 1. The van der Waals surface area contributed by atoms with Crippen molar-refractivity contribution in [2.75, 3.05) is 6.54 Å². The number of piperidine rings is 1. The third kappa shape index (κ3) is 3.49. The molecule has 2 rings (SSSR count). The number of nitrogens with zero attached hydrogens (tertiary/aromatic N) is 1. The first-order valence-corrected chi connectivity index (χ1v) is 7.08. The summed E-state index contributed by atoms with van der Waals surface area (Å²) in [4.78, 5) is 14.2. The molecule has 0 saturated carbocycles. The Morgan fingerprint density at radius 2 is 2.06 bits per heavy atom. The number of amides is 1. The van der Waals surface area contributed by atoms with Gasteiger partial charge in [-0.05, 0) is 50.3 Å². The van der Waals surface area contributed by atoms with Crippen LogP contribution in [0.1, 0.15) is 38.2 Å². The van der Waals surface area contributed by atoms with Crippen molar-refractivity contribution in [3.63, 3.8) is 0 Å². The van der Waals surface area contributed by atoms with E-state index in [1.54, 1.807) is 0 Å². The molecule has 0 N–H and O–H groups in total. The average molecular weight is 266 g/mol. The van der Waals surface area contributed by atoms with E-state index in [2.05, 4.69) is 6.92 Å². The summed E-state index contributed by atoms with van der Waals surface area (Å²) in [6, 6.07) is 8.16. The van der Waals surface area contributed by atoms with Crippen LogP contribution in [0.25, 0.3) is 0 Å². The Bertz CT molecular complexity index is 401. The van der Waals surface area contributed by atoms with Crippen molar-refractivity contribution in [2.45, 2.75) is 45.1 Å². The molecule has 1 unspecified atom stereocenters. The van der Waals surface area contributed by atoms with Gasteiger partial charge in [0.05, 0.1) is 0 Å². The van der Waals surface area contributed by atoms with Gasteiger partial charge in [0.15, 0.2) is 0 Å². The lowest BCUT2D eigenvalue weighted by Crippen LogP contribution is -2.42. The van der Waals surface area contributed by atoms with Crippen molar-refractivity contribution in [1.29, 1.82) is 0 Å². The molecule has 0 aromatic heterocycles. The maximum atomic E-state index is 12.1. The summed E-state index contributed by atoms with van der Waals surface area (Å²) < 4.78 is 0. The van der Waals surface area contributed by atoms with Gasteiger partial charge in [0.25, 0.3) is 0 Å². The smallest absolute Gasteiger partial charge is 0.223 e. The van der Waals surface area contributed by atoms with Gasteiger partial charge < -0.3 is 4.90 Å². The zero-order valence-electron chi connectivity index (χ0n) is 10.9. The van der Waals surface area contributed by atoms with Crippen molar-refractivity contribution in [2.24, 2.45) is 0 Å². The van der Waals surface area contributed by atoms with Gasteiger partial charge in [-0.25, -0.2) is 0 Å². The molecular weight excluding hydrogens is 246 g/mol. The van der Waals surface area contributed by atoms with Gasteiger partial charge in [-0.2, -0.15) is 0 Å². The Kier molecular flexibility index (Phi) is 4.65. The normalized spacial score (nSPS) is 19.9. The van der Waals surface area contributed by atoms with Gasteiger partial charge >= 0.3 is 0 Å². The zero-order valence-corrected chi connectivity index (χ0v) is 11.6. The highest BCUT2D eigenvalue weighted by Crippen LogP contribution is 2.18. The Hall–Kier alpha value is -1.02. The molecule has 0 radical (unpaired) electrons. The molecule has 1 atom stereocenters. The van der Waals surface area contributed by atoms with Crippen LogP contribution in [-0.2, 0) is 11.2 Å². The van der Waals surface area contributed by atoms with Crippen LogP contribution in [0, 0.1) is 0 Å². The van der Waals surface area contributed by atoms with Crippen molar-refractivity contribution >= 4 is 17.5 Å². The van der Waals surface area contributed by atoms with Crippen molar-refractivity contribution in [1.82, 2.24) is 4.90 Å². The molecule has 1 aliphatic heterocycles. The molecule has 1 fully saturated rings. The summed E-state index contributed by atoms with van der Waals surface area (Å²) in [5, 5.41) is 0.745. The Morgan fingerprint density at radius 1 is 1.33 bits per heavy atom. The van der Waals surface area contributed by atoms with E-state index in [4.69, 9.17) is 11.6 Å². The van der Waals surface area contributed by atoms with E-state index >= 15 is 0 Å². The molecule has 1 heterocycles. The van der Waals surface area contributed by atoms with E-state index in [-0.39, 0.29) is 5.91 Å². The lowest BCUT2D eigenvalue weighted by molar-refractivity contribution is -0.134. The molecule has 1 aromatic rings. The highest BCUT2D eigenvalue weighted by molar-refractivity contribution is 6.30. The lowest BCUT2D eigenvalue weighted by atomic mass is 10.0. The number of hydrogen-bond acceptors (Lipinski definition) is 1. The molecular formula is C15H20ClNO. The molecule has 98 valence electrons. The molecule has 18 heavy (non-hydrogen) atoms. The first-order valence-electron chi connectivity index (χ1n) is 6.71. The van der Waals surface area contributed by atoms with Crippen LogP contribution in [0.4, 0.5) is 0 Å². The fraction of sp³-hybridized carbons (Fsp3) is 0.533. The number of hydrogen-bond donors (Lipinski definition) is 0. The number of benzene rings is 1. The maximum Gasteiger partial charge on any atom is 0.223 e. The molecule has 2 nitrogen and oxygen atoms in total. The minimum Gasteiger partial charge on any atom is -0.340 e. The fourth-order valence-electron chi connectivity index (χ4n) is 2.51. The third-order valence-corrected chi connectivity index (χ3v) is 3.92. The Labute approximate surface area is 114 Å². The quantitative estimate of drug-likeness (QED) is 0.817. The van der Waals surface area contributed by atoms with Gasteiger partial charge in [0, 0.05) is 24.0 Å². The van der Waals surface area contributed by atoms with Crippen molar-refractivity contribution < 1.29 is 4.79 Å². The average Bonchev–Trinajstić information content (AvgIpc) is 2.38. The van der Waals surface area contributed by atoms with Crippen LogP contribution >= 0.6 is 11.6 Å². The minimum atomic E-state index is 0.289. The monoisotopic (exact) mass is 265 g/mol. The molecule has 1 aromatic carbocycles. The standard InChI is InChI=1S/C15H20ClNO/c1-12-4-2-3-11-17(12)15(18)10-7-13-5-8-14(16)9-6-13/h5-6,8-9,12H,2-4,7,10-11H2,1H3. The van der Waals surface area contributed by atoms with Crippen LogP contribution in [0.2, 0.25) is 5.02 Å². The van der Waals surface area contributed by atoms with Crippen LogP contribution in [0.3, 0.4) is 0 Å². The molecule has 0 spiro atoms. The lowest BCUT2D eigenvalue weighted by Gasteiger charge is -2.33. The van der Waals surface area contributed by atoms with E-state index in [0.29, 0.717) is 12.5 Å². The van der Waals surface area contributed by atoms with Crippen LogP contribution in [-0.4, -0.2) is 23.4 Å². The number of rotatable bonds is 3. The molecule has 1 amide bonds. The van der Waals surface area contributed by atoms with Gasteiger partial charge in [-0.1, -0.05) is 23.7 Å². The highest BCUT2D eigenvalue weighted by Gasteiger charge is 2.22. The van der Waals surface area contributed by atoms with Crippen LogP contribution in [0.15, 0.2) is 24.3 Å². The zero-order chi connectivity index (χ0) is 13.0. The summed E-state index contributed by atoms with van der Waals surface area (Å²) in [6.45, 7) is 3.08. The van der Waals surface area contributed by atoms with Crippen molar-refractivity contribution in [3.05, 3.63) is 34.9 Å². The van der Waals surface area contributed by atoms with Gasteiger partial charge in [-0.3, -0.25) is 4.79 Å². The predicted molar refractivity (Wildman–Crippen MR) is 74.8 cm³/mol. The number of halogens is 1. The molecule has 0 bridgehead atoms. The largest absolute Gasteiger partial charge is 0.340 e. The van der Waals surface area contributed by atoms with Crippen molar-refractivity contribution in [3.8, 4) is 0 Å². The summed E-state index contributed by atoms with van der Waals surface area (Å²) in [6.07, 6.45) is 4.96. The number of aryl methyl sites for hydroxylation is 1. The van der Waals surface area contributed by atoms with Gasteiger partial charge in [0.1, 0.15) is 0 Å². The number of carbonyl (C=O) groups excluding carboxylic acids is 1. The summed E-state index contributed by atoms with van der Waals surface area (Å²) in [7, 11) is 0. The van der Waals surface area contributed by atoms with E-state index in [0.717, 1.165) is 30.8 Å². The SMILES string of the molecule is CC1CCCCN1C(=O)CCc1ccc(Cl)cc1. The van der Waals surface area contributed by atoms with Gasteiger partial charge in [-0.15, -0.1) is 0 Å². The fourth-order valence-corrected chi connectivity index (χ4v) is 2.64. The first-order chi connectivity index (χ1) is 8.66. The Balaban J connectivity index is 1.85. The van der Waals surface area contributed by atoms with E-state index < -0.39 is 0 Å². The summed E-state index contributed by atoms with van der Waals surface area (Å²) in [5.74, 6) is 0.289. The number of likely N-dealkylation sites (tertiary alicyclic amines) is 1. The van der Waals surface area contributed by atoms with Crippen LogP contribution in [0.5, 0.6) is 0 Å². The first kappa shape index (κ1) is 13.4.